The van der Waals surface area contributed by atoms with Crippen LogP contribution in [0.3, 0.4) is 0 Å². The Labute approximate surface area is 136 Å². The third-order valence-electron chi connectivity index (χ3n) is 4.16. The lowest BCUT2D eigenvalue weighted by atomic mass is 9.99. The van der Waals surface area contributed by atoms with Gasteiger partial charge in [-0.3, -0.25) is 4.79 Å². The quantitative estimate of drug-likeness (QED) is 0.867. The van der Waals surface area contributed by atoms with E-state index in [4.69, 9.17) is 9.26 Å². The maximum absolute atomic E-state index is 12.6. The largest absolute Gasteiger partial charge is 0.484 e. The van der Waals surface area contributed by atoms with E-state index in [0.717, 1.165) is 48.6 Å². The van der Waals surface area contributed by atoms with Crippen molar-refractivity contribution in [1.29, 1.82) is 0 Å². The molecule has 1 unspecified atom stereocenters. The van der Waals surface area contributed by atoms with Crippen molar-refractivity contribution in [3.05, 3.63) is 47.3 Å². The molecule has 2 heterocycles. The van der Waals surface area contributed by atoms with Gasteiger partial charge in [0.2, 0.25) is 0 Å². The summed E-state index contributed by atoms with van der Waals surface area (Å²) in [5, 5.41) is 4.09. The number of nitrogens with zero attached hydrogens (tertiary/aromatic N) is 2. The van der Waals surface area contributed by atoms with Crippen LogP contribution >= 0.6 is 0 Å². The summed E-state index contributed by atoms with van der Waals surface area (Å²) in [7, 11) is 0. The molecule has 23 heavy (non-hydrogen) atoms. The zero-order chi connectivity index (χ0) is 16.2. The van der Waals surface area contributed by atoms with Crippen LogP contribution in [-0.2, 0) is 4.79 Å². The normalized spacial score (nSPS) is 18.0. The van der Waals surface area contributed by atoms with Crippen LogP contribution in [0.25, 0.3) is 0 Å². The summed E-state index contributed by atoms with van der Waals surface area (Å²) >= 11 is 0. The molecule has 1 aliphatic heterocycles. The predicted molar refractivity (Wildman–Crippen MR) is 86.2 cm³/mol. The van der Waals surface area contributed by atoms with Gasteiger partial charge in [-0.15, -0.1) is 0 Å². The van der Waals surface area contributed by atoms with Gasteiger partial charge in [-0.25, -0.2) is 0 Å². The van der Waals surface area contributed by atoms with Gasteiger partial charge in [-0.05, 0) is 50.8 Å². The number of hydrogen-bond donors (Lipinski definition) is 0. The number of piperidine rings is 1. The fourth-order valence-corrected chi connectivity index (χ4v) is 3.01. The summed E-state index contributed by atoms with van der Waals surface area (Å²) in [6.45, 7) is 4.66. The van der Waals surface area contributed by atoms with Crippen LogP contribution in [0.1, 0.15) is 42.3 Å². The third kappa shape index (κ3) is 3.73. The van der Waals surface area contributed by atoms with Crippen LogP contribution < -0.4 is 4.74 Å². The van der Waals surface area contributed by atoms with Gasteiger partial charge in [0.1, 0.15) is 17.2 Å². The van der Waals surface area contributed by atoms with E-state index in [-0.39, 0.29) is 18.6 Å². The van der Waals surface area contributed by atoms with Crippen molar-refractivity contribution >= 4 is 5.91 Å². The molecule has 0 saturated carbocycles. The molecule has 0 bridgehead atoms. The zero-order valence-electron chi connectivity index (χ0n) is 13.6. The summed E-state index contributed by atoms with van der Waals surface area (Å²) < 4.78 is 10.8. The van der Waals surface area contributed by atoms with Gasteiger partial charge in [0, 0.05) is 12.6 Å². The molecule has 1 aliphatic rings. The minimum absolute atomic E-state index is 0.00291. The van der Waals surface area contributed by atoms with E-state index < -0.39 is 0 Å². The highest BCUT2D eigenvalue weighted by Crippen LogP contribution is 2.30. The molecule has 122 valence electrons. The Morgan fingerprint density at radius 2 is 2.22 bits per heavy atom. The van der Waals surface area contributed by atoms with Crippen LogP contribution in [0.2, 0.25) is 0 Å². The van der Waals surface area contributed by atoms with Gasteiger partial charge < -0.3 is 14.2 Å². The molecule has 5 nitrogen and oxygen atoms in total. The van der Waals surface area contributed by atoms with Crippen molar-refractivity contribution in [2.75, 3.05) is 13.2 Å². The van der Waals surface area contributed by atoms with Crippen LogP contribution in [0.5, 0.6) is 5.75 Å². The first kappa shape index (κ1) is 15.6. The number of hydrogen-bond acceptors (Lipinski definition) is 4. The number of amides is 1. The minimum atomic E-state index is -0.00481. The molecule has 0 radical (unpaired) electrons. The molecule has 1 fully saturated rings. The van der Waals surface area contributed by atoms with E-state index in [1.54, 1.807) is 0 Å². The third-order valence-corrected chi connectivity index (χ3v) is 4.16. The van der Waals surface area contributed by atoms with Crippen molar-refractivity contribution in [3.63, 3.8) is 0 Å². The van der Waals surface area contributed by atoms with E-state index in [2.05, 4.69) is 5.16 Å². The van der Waals surface area contributed by atoms with Crippen LogP contribution in [-0.4, -0.2) is 29.1 Å². The Balaban J connectivity index is 1.66. The number of carbonyl (C=O) groups excluding carboxylic acids is 1. The monoisotopic (exact) mass is 314 g/mol. The number of carbonyl (C=O) groups is 1. The Hall–Kier alpha value is -2.30. The predicted octanol–water partition coefficient (Wildman–Crippen LogP) is 3.42. The summed E-state index contributed by atoms with van der Waals surface area (Å²) in [4.78, 5) is 14.5. The fraction of sp³-hybridized carbons (Fsp3) is 0.444. The Kier molecular flexibility index (Phi) is 4.65. The number of aryl methyl sites for hydroxylation is 2. The van der Waals surface area contributed by atoms with Crippen molar-refractivity contribution < 1.29 is 14.1 Å². The fourth-order valence-electron chi connectivity index (χ4n) is 3.01. The first-order chi connectivity index (χ1) is 11.1. The van der Waals surface area contributed by atoms with Gasteiger partial charge in [0.15, 0.2) is 6.61 Å². The molecule has 3 rings (SSSR count). The second kappa shape index (κ2) is 6.86. The van der Waals surface area contributed by atoms with Crippen molar-refractivity contribution in [1.82, 2.24) is 10.1 Å². The highest BCUT2D eigenvalue weighted by atomic mass is 16.5. The lowest BCUT2D eigenvalue weighted by Crippen LogP contribution is -2.41. The maximum atomic E-state index is 12.6. The lowest BCUT2D eigenvalue weighted by Gasteiger charge is -2.34. The van der Waals surface area contributed by atoms with Gasteiger partial charge >= 0.3 is 0 Å². The van der Waals surface area contributed by atoms with Crippen LogP contribution in [0, 0.1) is 13.8 Å². The molecular weight excluding hydrogens is 292 g/mol. The molecule has 0 aliphatic carbocycles. The molecule has 1 saturated heterocycles. The van der Waals surface area contributed by atoms with Gasteiger partial charge in [0.25, 0.3) is 5.91 Å². The Bertz CT molecular complexity index is 680. The smallest absolute Gasteiger partial charge is 0.261 e. The maximum Gasteiger partial charge on any atom is 0.261 e. The standard InChI is InChI=1S/C18H22N2O3/c1-13-6-5-7-15(10-13)22-12-18(21)20-9-4-3-8-17(20)16-11-14(2)23-19-16/h5-7,10-11,17H,3-4,8-9,12H2,1-2H3. The summed E-state index contributed by atoms with van der Waals surface area (Å²) in [6.07, 6.45) is 3.03. The first-order valence-electron chi connectivity index (χ1n) is 8.05. The van der Waals surface area contributed by atoms with Gasteiger partial charge in [-0.2, -0.15) is 0 Å². The van der Waals surface area contributed by atoms with E-state index in [1.807, 2.05) is 49.1 Å². The zero-order valence-corrected chi connectivity index (χ0v) is 13.6. The summed E-state index contributed by atoms with van der Waals surface area (Å²) in [5.41, 5.74) is 1.95. The number of aromatic nitrogens is 1. The van der Waals surface area contributed by atoms with E-state index >= 15 is 0 Å². The highest BCUT2D eigenvalue weighted by Gasteiger charge is 2.30. The van der Waals surface area contributed by atoms with E-state index in [1.165, 1.54) is 0 Å². The lowest BCUT2D eigenvalue weighted by molar-refractivity contribution is -0.137. The molecule has 1 atom stereocenters. The molecule has 5 heteroatoms. The highest BCUT2D eigenvalue weighted by molar-refractivity contribution is 5.78. The van der Waals surface area contributed by atoms with E-state index in [9.17, 15) is 4.79 Å². The number of likely N-dealkylation sites (tertiary alicyclic amines) is 1. The minimum Gasteiger partial charge on any atom is -0.484 e. The number of benzene rings is 1. The topological polar surface area (TPSA) is 55.6 Å². The van der Waals surface area contributed by atoms with Crippen LogP contribution in [0.15, 0.2) is 34.9 Å². The summed E-state index contributed by atoms with van der Waals surface area (Å²) in [6, 6.07) is 9.64. The average molecular weight is 314 g/mol. The van der Waals surface area contributed by atoms with Crippen molar-refractivity contribution in [2.24, 2.45) is 0 Å². The Morgan fingerprint density at radius 3 is 2.96 bits per heavy atom. The molecule has 2 aromatic rings. The second-order valence-corrected chi connectivity index (χ2v) is 6.07. The van der Waals surface area contributed by atoms with Crippen molar-refractivity contribution in [3.8, 4) is 5.75 Å². The number of ether oxygens (including phenoxy) is 1. The van der Waals surface area contributed by atoms with E-state index in [0.29, 0.717) is 0 Å². The second-order valence-electron chi connectivity index (χ2n) is 6.07. The van der Waals surface area contributed by atoms with Crippen molar-refractivity contribution in [2.45, 2.75) is 39.2 Å². The molecular formula is C18H22N2O3. The number of rotatable bonds is 4. The molecule has 0 N–H and O–H groups in total. The SMILES string of the molecule is Cc1cccc(OCC(=O)N2CCCCC2c2cc(C)on2)c1. The Morgan fingerprint density at radius 1 is 1.35 bits per heavy atom. The van der Waals surface area contributed by atoms with Crippen LogP contribution in [0.4, 0.5) is 0 Å². The molecule has 0 spiro atoms. The first-order valence-corrected chi connectivity index (χ1v) is 8.05. The average Bonchev–Trinajstić information content (AvgIpc) is 2.99. The van der Waals surface area contributed by atoms with Gasteiger partial charge in [0.05, 0.1) is 6.04 Å². The molecule has 1 aromatic heterocycles. The van der Waals surface area contributed by atoms with Gasteiger partial charge in [-0.1, -0.05) is 17.3 Å². The molecule has 1 amide bonds. The summed E-state index contributed by atoms with van der Waals surface area (Å²) in [5.74, 6) is 1.50. The molecule has 1 aromatic carbocycles.